The summed E-state index contributed by atoms with van der Waals surface area (Å²) in [6, 6.07) is 3.27. The highest BCUT2D eigenvalue weighted by Crippen LogP contribution is 2.36. The summed E-state index contributed by atoms with van der Waals surface area (Å²) < 4.78 is 44.2. The van der Waals surface area contributed by atoms with Crippen molar-refractivity contribution in [2.45, 2.75) is 19.2 Å². The molecule has 1 heterocycles. The molecular weight excluding hydrogens is 321 g/mol. The predicted molar refractivity (Wildman–Crippen MR) is 76.9 cm³/mol. The molecule has 1 N–H and O–H groups in total. The number of nitrogens with zero attached hydrogens (tertiary/aromatic N) is 1. The van der Waals surface area contributed by atoms with Crippen LogP contribution in [0.4, 0.5) is 18.9 Å². The van der Waals surface area contributed by atoms with Gasteiger partial charge in [0.2, 0.25) is 5.91 Å². The fraction of sp³-hybridized carbons (Fsp3) is 0.500. The highest BCUT2D eigenvalue weighted by Gasteiger charge is 2.34. The first-order chi connectivity index (χ1) is 10.3. The molecule has 1 aromatic rings. The summed E-state index contributed by atoms with van der Waals surface area (Å²) in [5, 5.41) is 2.27. The molecule has 4 nitrogen and oxygen atoms in total. The smallest absolute Gasteiger partial charge is 0.376 e. The summed E-state index contributed by atoms with van der Waals surface area (Å²) in [5.41, 5.74) is -1.24. The van der Waals surface area contributed by atoms with E-state index in [-0.39, 0.29) is 23.4 Å². The van der Waals surface area contributed by atoms with Crippen LogP contribution in [0.2, 0.25) is 5.02 Å². The number of hydrogen-bond acceptors (Lipinski definition) is 3. The lowest BCUT2D eigenvalue weighted by atomic mass is 10.1. The number of alkyl halides is 3. The quantitative estimate of drug-likeness (QED) is 0.922. The number of carbonyl (C=O) groups is 1. The molecular formula is C14H16ClF3N2O2. The Labute approximate surface area is 131 Å². The van der Waals surface area contributed by atoms with Gasteiger partial charge in [-0.2, -0.15) is 13.2 Å². The second-order valence-corrected chi connectivity index (χ2v) is 5.59. The number of hydrogen-bond donors (Lipinski definition) is 1. The van der Waals surface area contributed by atoms with Crippen LogP contribution in [0, 0.1) is 0 Å². The minimum atomic E-state index is -4.58. The monoisotopic (exact) mass is 336 g/mol. The molecule has 1 aromatic carbocycles. The van der Waals surface area contributed by atoms with Crippen LogP contribution in [-0.2, 0) is 15.7 Å². The van der Waals surface area contributed by atoms with Crippen molar-refractivity contribution in [3.05, 3.63) is 28.8 Å². The third-order valence-electron chi connectivity index (χ3n) is 3.25. The molecule has 0 spiro atoms. The van der Waals surface area contributed by atoms with Crippen molar-refractivity contribution in [2.75, 3.05) is 31.6 Å². The summed E-state index contributed by atoms with van der Waals surface area (Å²) >= 11 is 5.60. The number of anilines is 1. The number of morpholine rings is 1. The van der Waals surface area contributed by atoms with Crippen molar-refractivity contribution in [1.82, 2.24) is 4.90 Å². The normalized spacial score (nSPS) is 20.0. The zero-order valence-electron chi connectivity index (χ0n) is 11.9. The second-order valence-electron chi connectivity index (χ2n) is 5.15. The highest BCUT2D eigenvalue weighted by molar-refractivity contribution is 6.30. The van der Waals surface area contributed by atoms with Gasteiger partial charge in [-0.25, -0.2) is 0 Å². The summed E-state index contributed by atoms with van der Waals surface area (Å²) in [5.74, 6) is -0.498. The van der Waals surface area contributed by atoms with Gasteiger partial charge >= 0.3 is 6.18 Å². The van der Waals surface area contributed by atoms with Crippen LogP contribution < -0.4 is 5.32 Å². The molecule has 0 radical (unpaired) electrons. The molecule has 8 heteroatoms. The van der Waals surface area contributed by atoms with Crippen LogP contribution >= 0.6 is 11.6 Å². The molecule has 0 saturated carbocycles. The number of benzene rings is 1. The lowest BCUT2D eigenvalue weighted by molar-refractivity contribution is -0.137. The molecule has 0 bridgehead atoms. The summed E-state index contributed by atoms with van der Waals surface area (Å²) in [6.07, 6.45) is -4.58. The van der Waals surface area contributed by atoms with Crippen molar-refractivity contribution in [3.63, 3.8) is 0 Å². The molecule has 22 heavy (non-hydrogen) atoms. The Balaban J connectivity index is 2.05. The minimum Gasteiger partial charge on any atom is -0.376 e. The van der Waals surface area contributed by atoms with E-state index in [0.29, 0.717) is 19.7 Å². The van der Waals surface area contributed by atoms with E-state index in [4.69, 9.17) is 16.3 Å². The lowest BCUT2D eigenvalue weighted by Crippen LogP contribution is -2.44. The van der Waals surface area contributed by atoms with Gasteiger partial charge in [0.05, 0.1) is 30.5 Å². The molecule has 1 aliphatic heterocycles. The maximum Gasteiger partial charge on any atom is 0.418 e. The molecule has 1 amide bonds. The Bertz CT molecular complexity index is 551. The first-order valence-electron chi connectivity index (χ1n) is 6.76. The van der Waals surface area contributed by atoms with Gasteiger partial charge in [0.25, 0.3) is 0 Å². The first-order valence-corrected chi connectivity index (χ1v) is 7.14. The molecule has 1 atom stereocenters. The van der Waals surface area contributed by atoms with Crippen molar-refractivity contribution in [3.8, 4) is 0 Å². The SMILES string of the molecule is CC1CN(CC(=O)Nc2ccc(Cl)cc2C(F)(F)F)CCO1. The van der Waals surface area contributed by atoms with Gasteiger partial charge in [0, 0.05) is 18.1 Å². The molecule has 1 unspecified atom stereocenters. The zero-order chi connectivity index (χ0) is 16.3. The van der Waals surface area contributed by atoms with Gasteiger partial charge in [-0.05, 0) is 25.1 Å². The van der Waals surface area contributed by atoms with Gasteiger partial charge < -0.3 is 10.1 Å². The van der Waals surface area contributed by atoms with E-state index in [2.05, 4.69) is 5.32 Å². The molecule has 1 fully saturated rings. The number of rotatable bonds is 3. The molecule has 122 valence electrons. The average molecular weight is 337 g/mol. The molecule has 0 aromatic heterocycles. The third-order valence-corrected chi connectivity index (χ3v) is 3.49. The van der Waals surface area contributed by atoms with Crippen LogP contribution in [0.15, 0.2) is 18.2 Å². The van der Waals surface area contributed by atoms with Crippen LogP contribution in [0.25, 0.3) is 0 Å². The van der Waals surface area contributed by atoms with E-state index >= 15 is 0 Å². The largest absolute Gasteiger partial charge is 0.418 e. The van der Waals surface area contributed by atoms with Crippen molar-refractivity contribution < 1.29 is 22.7 Å². The van der Waals surface area contributed by atoms with Crippen LogP contribution in [0.1, 0.15) is 12.5 Å². The summed E-state index contributed by atoms with van der Waals surface area (Å²) in [6.45, 7) is 3.55. The second kappa shape index (κ2) is 6.85. The summed E-state index contributed by atoms with van der Waals surface area (Å²) in [7, 11) is 0. The van der Waals surface area contributed by atoms with E-state index in [1.165, 1.54) is 6.07 Å². The van der Waals surface area contributed by atoms with Gasteiger partial charge in [0.15, 0.2) is 0 Å². The predicted octanol–water partition coefficient (Wildman–Crippen LogP) is 3.02. The number of nitrogens with one attached hydrogen (secondary N) is 1. The number of halogens is 4. The van der Waals surface area contributed by atoms with Crippen molar-refractivity contribution >= 4 is 23.2 Å². The Morgan fingerprint density at radius 3 is 2.86 bits per heavy atom. The number of carbonyl (C=O) groups excluding carboxylic acids is 1. The maximum atomic E-state index is 13.0. The van der Waals surface area contributed by atoms with E-state index in [0.717, 1.165) is 12.1 Å². The first kappa shape index (κ1) is 17.1. The Morgan fingerprint density at radius 1 is 1.50 bits per heavy atom. The summed E-state index contributed by atoms with van der Waals surface area (Å²) in [4.78, 5) is 13.8. The van der Waals surface area contributed by atoms with E-state index in [1.807, 2.05) is 11.8 Å². The van der Waals surface area contributed by atoms with E-state index in [1.54, 1.807) is 0 Å². The lowest BCUT2D eigenvalue weighted by Gasteiger charge is -2.30. The molecule has 1 saturated heterocycles. The van der Waals surface area contributed by atoms with E-state index in [9.17, 15) is 18.0 Å². The van der Waals surface area contributed by atoms with Crippen LogP contribution in [-0.4, -0.2) is 43.2 Å². The molecule has 2 rings (SSSR count). The zero-order valence-corrected chi connectivity index (χ0v) is 12.7. The van der Waals surface area contributed by atoms with E-state index < -0.39 is 17.6 Å². The number of ether oxygens (including phenoxy) is 1. The standard InChI is InChI=1S/C14H16ClF3N2O2/c1-9-7-20(4-5-22-9)8-13(21)19-12-3-2-10(15)6-11(12)14(16,17)18/h2-3,6,9H,4-5,7-8H2,1H3,(H,19,21). The van der Waals surface area contributed by atoms with Crippen molar-refractivity contribution in [1.29, 1.82) is 0 Å². The third kappa shape index (κ3) is 4.59. The Morgan fingerprint density at radius 2 is 2.23 bits per heavy atom. The maximum absolute atomic E-state index is 13.0. The minimum absolute atomic E-state index is 0.00261. The number of amides is 1. The van der Waals surface area contributed by atoms with Crippen LogP contribution in [0.5, 0.6) is 0 Å². The van der Waals surface area contributed by atoms with Crippen LogP contribution in [0.3, 0.4) is 0 Å². The Kier molecular flexibility index (Phi) is 5.31. The van der Waals surface area contributed by atoms with Gasteiger partial charge in [-0.3, -0.25) is 9.69 Å². The average Bonchev–Trinajstić information content (AvgIpc) is 2.39. The van der Waals surface area contributed by atoms with Gasteiger partial charge in [-0.1, -0.05) is 11.6 Å². The molecule has 1 aliphatic rings. The van der Waals surface area contributed by atoms with Crippen molar-refractivity contribution in [2.24, 2.45) is 0 Å². The fourth-order valence-electron chi connectivity index (χ4n) is 2.29. The Hall–Kier alpha value is -1.31. The fourth-order valence-corrected chi connectivity index (χ4v) is 2.46. The van der Waals surface area contributed by atoms with Gasteiger partial charge in [-0.15, -0.1) is 0 Å². The molecule has 0 aliphatic carbocycles. The van der Waals surface area contributed by atoms with Gasteiger partial charge in [0.1, 0.15) is 0 Å². The topological polar surface area (TPSA) is 41.6 Å². The highest BCUT2D eigenvalue weighted by atomic mass is 35.5.